The summed E-state index contributed by atoms with van der Waals surface area (Å²) in [6, 6.07) is 15.3. The SMILES string of the molecule is COc1ccccc1C1=NO[C@H](CN(Cc2cccc(Cl)c2)C(=O)C(C)C)C1. The maximum absolute atomic E-state index is 12.8. The first kappa shape index (κ1) is 20.2. The third-order valence-corrected chi connectivity index (χ3v) is 4.88. The minimum absolute atomic E-state index is 0.0781. The van der Waals surface area contributed by atoms with Crippen LogP contribution in [-0.4, -0.2) is 36.3 Å². The molecule has 0 saturated carbocycles. The zero-order valence-electron chi connectivity index (χ0n) is 16.4. The van der Waals surface area contributed by atoms with Crippen LogP contribution >= 0.6 is 11.6 Å². The molecule has 0 spiro atoms. The van der Waals surface area contributed by atoms with Crippen molar-refractivity contribution in [3.63, 3.8) is 0 Å². The second kappa shape index (κ2) is 9.11. The van der Waals surface area contributed by atoms with Crippen molar-refractivity contribution in [2.24, 2.45) is 11.1 Å². The number of rotatable bonds is 7. The van der Waals surface area contributed by atoms with Crippen LogP contribution in [0.5, 0.6) is 5.75 Å². The van der Waals surface area contributed by atoms with Gasteiger partial charge in [-0.3, -0.25) is 4.79 Å². The van der Waals surface area contributed by atoms with E-state index < -0.39 is 0 Å². The first-order chi connectivity index (χ1) is 13.5. The second-order valence-electron chi connectivity index (χ2n) is 7.17. The molecule has 1 atom stereocenters. The van der Waals surface area contributed by atoms with E-state index in [1.807, 2.05) is 67.3 Å². The highest BCUT2D eigenvalue weighted by atomic mass is 35.5. The molecule has 0 bridgehead atoms. The third-order valence-electron chi connectivity index (χ3n) is 4.64. The van der Waals surface area contributed by atoms with Crippen molar-refractivity contribution >= 4 is 23.2 Å². The Labute approximate surface area is 170 Å². The molecule has 28 heavy (non-hydrogen) atoms. The van der Waals surface area contributed by atoms with Crippen LogP contribution in [0.2, 0.25) is 5.02 Å². The Morgan fingerprint density at radius 3 is 2.79 bits per heavy atom. The monoisotopic (exact) mass is 400 g/mol. The molecule has 0 saturated heterocycles. The fraction of sp³-hybridized carbons (Fsp3) is 0.364. The average Bonchev–Trinajstić information content (AvgIpc) is 3.15. The molecule has 2 aromatic carbocycles. The van der Waals surface area contributed by atoms with Crippen molar-refractivity contribution in [1.82, 2.24) is 4.90 Å². The fourth-order valence-corrected chi connectivity index (χ4v) is 3.48. The summed E-state index contributed by atoms with van der Waals surface area (Å²) in [7, 11) is 1.64. The second-order valence-corrected chi connectivity index (χ2v) is 7.61. The van der Waals surface area contributed by atoms with Crippen LogP contribution in [0, 0.1) is 5.92 Å². The zero-order chi connectivity index (χ0) is 20.1. The maximum Gasteiger partial charge on any atom is 0.225 e. The van der Waals surface area contributed by atoms with Crippen molar-refractivity contribution in [1.29, 1.82) is 0 Å². The summed E-state index contributed by atoms with van der Waals surface area (Å²) in [5.74, 6) is 0.740. The Balaban J connectivity index is 1.71. The van der Waals surface area contributed by atoms with Gasteiger partial charge < -0.3 is 14.5 Å². The zero-order valence-corrected chi connectivity index (χ0v) is 17.1. The van der Waals surface area contributed by atoms with Crippen molar-refractivity contribution in [3.05, 3.63) is 64.7 Å². The van der Waals surface area contributed by atoms with Crippen LogP contribution in [0.25, 0.3) is 0 Å². The quantitative estimate of drug-likeness (QED) is 0.686. The number of nitrogens with zero attached hydrogens (tertiary/aromatic N) is 2. The smallest absolute Gasteiger partial charge is 0.225 e. The third kappa shape index (κ3) is 4.84. The number of carbonyl (C=O) groups is 1. The summed E-state index contributed by atoms with van der Waals surface area (Å²) in [5.41, 5.74) is 2.75. The summed E-state index contributed by atoms with van der Waals surface area (Å²) in [4.78, 5) is 20.2. The topological polar surface area (TPSA) is 51.1 Å². The normalized spacial score (nSPS) is 15.9. The average molecular weight is 401 g/mol. The highest BCUT2D eigenvalue weighted by Gasteiger charge is 2.28. The number of oxime groups is 1. The van der Waals surface area contributed by atoms with E-state index in [9.17, 15) is 4.79 Å². The van der Waals surface area contributed by atoms with Crippen LogP contribution in [0.3, 0.4) is 0 Å². The number of benzene rings is 2. The molecule has 0 fully saturated rings. The highest BCUT2D eigenvalue weighted by Crippen LogP contribution is 2.25. The number of halogens is 1. The standard InChI is InChI=1S/C22H25ClN2O3/c1-15(2)22(26)25(13-16-7-6-8-17(23)11-16)14-18-12-20(24-28-18)19-9-4-5-10-21(19)27-3/h4-11,15,18H,12-14H2,1-3H3/t18-/m0/s1. The van der Waals surface area contributed by atoms with E-state index in [2.05, 4.69) is 5.16 Å². The number of para-hydroxylation sites is 1. The van der Waals surface area contributed by atoms with Crippen LogP contribution in [0.1, 0.15) is 31.4 Å². The van der Waals surface area contributed by atoms with Gasteiger partial charge in [0.15, 0.2) is 6.10 Å². The van der Waals surface area contributed by atoms with Gasteiger partial charge in [0.05, 0.1) is 19.4 Å². The lowest BCUT2D eigenvalue weighted by Crippen LogP contribution is -2.39. The molecule has 2 aromatic rings. The largest absolute Gasteiger partial charge is 0.496 e. The van der Waals surface area contributed by atoms with Gasteiger partial charge in [-0.2, -0.15) is 0 Å². The van der Waals surface area contributed by atoms with Gasteiger partial charge in [0, 0.05) is 29.5 Å². The molecule has 1 heterocycles. The van der Waals surface area contributed by atoms with Crippen LogP contribution in [-0.2, 0) is 16.2 Å². The Bertz CT molecular complexity index is 866. The van der Waals surface area contributed by atoms with Gasteiger partial charge in [-0.1, -0.05) is 54.9 Å². The Hall–Kier alpha value is -2.53. The summed E-state index contributed by atoms with van der Waals surface area (Å²) < 4.78 is 5.42. The maximum atomic E-state index is 12.8. The number of hydrogen-bond acceptors (Lipinski definition) is 4. The molecular weight excluding hydrogens is 376 g/mol. The van der Waals surface area contributed by atoms with Gasteiger partial charge in [0.25, 0.3) is 0 Å². The Morgan fingerprint density at radius 2 is 2.07 bits per heavy atom. The molecule has 1 aliphatic heterocycles. The molecule has 148 valence electrons. The molecular formula is C22H25ClN2O3. The summed E-state index contributed by atoms with van der Waals surface area (Å²) >= 11 is 6.10. The van der Waals surface area contributed by atoms with Gasteiger partial charge in [-0.25, -0.2) is 0 Å². The van der Waals surface area contributed by atoms with Gasteiger partial charge >= 0.3 is 0 Å². The molecule has 0 N–H and O–H groups in total. The minimum Gasteiger partial charge on any atom is -0.496 e. The van der Waals surface area contributed by atoms with Crippen molar-refractivity contribution in [2.45, 2.75) is 32.9 Å². The first-order valence-electron chi connectivity index (χ1n) is 9.37. The summed E-state index contributed by atoms with van der Waals surface area (Å²) in [6.07, 6.45) is 0.430. The number of amides is 1. The van der Waals surface area contributed by atoms with Crippen LogP contribution in [0.4, 0.5) is 0 Å². The molecule has 1 aliphatic rings. The Morgan fingerprint density at radius 1 is 1.29 bits per heavy atom. The number of hydrogen-bond donors (Lipinski definition) is 0. The van der Waals surface area contributed by atoms with Crippen LogP contribution in [0.15, 0.2) is 53.7 Å². The Kier molecular flexibility index (Phi) is 6.57. The number of carbonyl (C=O) groups excluding carboxylic acids is 1. The van der Waals surface area contributed by atoms with E-state index in [0.29, 0.717) is 24.5 Å². The van der Waals surface area contributed by atoms with E-state index in [1.54, 1.807) is 7.11 Å². The summed E-state index contributed by atoms with van der Waals surface area (Å²) in [6.45, 7) is 4.76. The van der Waals surface area contributed by atoms with E-state index in [-0.39, 0.29) is 17.9 Å². The molecule has 0 aromatic heterocycles. The lowest BCUT2D eigenvalue weighted by molar-refractivity contribution is -0.136. The van der Waals surface area contributed by atoms with Crippen LogP contribution < -0.4 is 4.74 Å². The van der Waals surface area contributed by atoms with Crippen molar-refractivity contribution < 1.29 is 14.4 Å². The molecule has 0 unspecified atom stereocenters. The number of methoxy groups -OCH3 is 1. The lowest BCUT2D eigenvalue weighted by Gasteiger charge is -2.26. The predicted molar refractivity (Wildman–Crippen MR) is 111 cm³/mol. The number of ether oxygens (including phenoxy) is 1. The predicted octanol–water partition coefficient (Wildman–Crippen LogP) is 4.53. The summed E-state index contributed by atoms with van der Waals surface area (Å²) in [5, 5.41) is 4.91. The first-order valence-corrected chi connectivity index (χ1v) is 9.75. The molecule has 0 aliphatic carbocycles. The molecule has 5 nitrogen and oxygen atoms in total. The fourth-order valence-electron chi connectivity index (χ4n) is 3.27. The van der Waals surface area contributed by atoms with Gasteiger partial charge in [0.1, 0.15) is 5.75 Å². The minimum atomic E-state index is -0.193. The van der Waals surface area contributed by atoms with E-state index in [4.69, 9.17) is 21.2 Å². The van der Waals surface area contributed by atoms with Crippen molar-refractivity contribution in [3.8, 4) is 5.75 Å². The van der Waals surface area contributed by atoms with Gasteiger partial charge in [-0.05, 0) is 29.8 Å². The molecule has 3 rings (SSSR count). The van der Waals surface area contributed by atoms with Gasteiger partial charge in [0.2, 0.25) is 5.91 Å². The van der Waals surface area contributed by atoms with E-state index in [0.717, 1.165) is 22.6 Å². The molecule has 0 radical (unpaired) electrons. The van der Waals surface area contributed by atoms with Gasteiger partial charge in [-0.15, -0.1) is 0 Å². The van der Waals surface area contributed by atoms with Crippen molar-refractivity contribution in [2.75, 3.05) is 13.7 Å². The van der Waals surface area contributed by atoms with E-state index in [1.165, 1.54) is 0 Å². The van der Waals surface area contributed by atoms with E-state index >= 15 is 0 Å². The lowest BCUT2D eigenvalue weighted by atomic mass is 10.0. The molecule has 1 amide bonds. The molecule has 6 heteroatoms. The highest BCUT2D eigenvalue weighted by molar-refractivity contribution is 6.30.